The molecule has 2 saturated heterocycles. The first-order valence-corrected chi connectivity index (χ1v) is 9.41. The summed E-state index contributed by atoms with van der Waals surface area (Å²) in [5, 5.41) is 0. The van der Waals surface area contributed by atoms with Crippen LogP contribution >= 0.6 is 0 Å². The summed E-state index contributed by atoms with van der Waals surface area (Å²) in [6.07, 6.45) is 8.69. The molecule has 1 aliphatic carbocycles. The number of piperidine rings is 2. The van der Waals surface area contributed by atoms with Crippen molar-refractivity contribution in [3.8, 4) is 11.5 Å². The van der Waals surface area contributed by atoms with Crippen molar-refractivity contribution in [3.05, 3.63) is 29.8 Å². The summed E-state index contributed by atoms with van der Waals surface area (Å²) < 4.78 is 11.3. The van der Waals surface area contributed by atoms with Crippen LogP contribution in [0.5, 0.6) is 11.5 Å². The Labute approximate surface area is 146 Å². The number of ether oxygens (including phenoxy) is 2. The minimum absolute atomic E-state index is 0.0578. The van der Waals surface area contributed by atoms with Crippen LogP contribution in [-0.2, 0) is 4.79 Å². The molecule has 5 heterocycles. The number of amides is 1. The maximum atomic E-state index is 13.3. The van der Waals surface area contributed by atoms with Gasteiger partial charge in [-0.2, -0.15) is 0 Å². The molecule has 4 atom stereocenters. The van der Waals surface area contributed by atoms with Gasteiger partial charge in [0.25, 0.3) is 0 Å². The fourth-order valence-corrected chi connectivity index (χ4v) is 7.15. The van der Waals surface area contributed by atoms with Crippen molar-refractivity contribution in [1.29, 1.82) is 0 Å². The summed E-state index contributed by atoms with van der Waals surface area (Å²) in [7, 11) is 0. The molecule has 5 nitrogen and oxygen atoms in total. The van der Waals surface area contributed by atoms with Gasteiger partial charge in [0.05, 0.1) is 11.2 Å². The summed E-state index contributed by atoms with van der Waals surface area (Å²) in [6.45, 7) is 2.44. The van der Waals surface area contributed by atoms with E-state index in [0.717, 1.165) is 49.5 Å². The van der Waals surface area contributed by atoms with E-state index in [1.807, 2.05) is 0 Å². The molecule has 5 aliphatic heterocycles. The van der Waals surface area contributed by atoms with Crippen LogP contribution in [-0.4, -0.2) is 42.3 Å². The van der Waals surface area contributed by atoms with Gasteiger partial charge in [0.1, 0.15) is 0 Å². The van der Waals surface area contributed by atoms with Crippen LogP contribution < -0.4 is 14.4 Å². The zero-order chi connectivity index (χ0) is 16.4. The Bertz CT molecular complexity index is 880. The smallest absolute Gasteiger partial charge is 0.231 e. The van der Waals surface area contributed by atoms with E-state index < -0.39 is 0 Å². The molecule has 1 aromatic rings. The lowest BCUT2D eigenvalue weighted by atomic mass is 9.63. The Morgan fingerprint density at radius 2 is 2.04 bits per heavy atom. The number of benzene rings is 1. The average Bonchev–Trinajstić information content (AvgIpc) is 3.25. The van der Waals surface area contributed by atoms with Crippen molar-refractivity contribution in [1.82, 2.24) is 4.90 Å². The summed E-state index contributed by atoms with van der Waals surface area (Å²) in [6, 6.07) is 4.69. The summed E-state index contributed by atoms with van der Waals surface area (Å²) in [5.41, 5.74) is 2.40. The van der Waals surface area contributed by atoms with E-state index in [9.17, 15) is 4.79 Å². The predicted molar refractivity (Wildman–Crippen MR) is 90.9 cm³/mol. The van der Waals surface area contributed by atoms with Gasteiger partial charge in [-0.25, -0.2) is 0 Å². The molecule has 6 aliphatic rings. The third kappa shape index (κ3) is 1.25. The lowest BCUT2D eigenvalue weighted by Gasteiger charge is -2.59. The van der Waals surface area contributed by atoms with E-state index in [1.165, 1.54) is 5.56 Å². The van der Waals surface area contributed by atoms with E-state index in [2.05, 4.69) is 34.1 Å². The molecule has 0 N–H and O–H groups in total. The first-order chi connectivity index (χ1) is 12.2. The molecular formula is C20H20N2O3. The summed E-state index contributed by atoms with van der Waals surface area (Å²) >= 11 is 0. The molecule has 5 heteroatoms. The third-order valence-corrected chi connectivity index (χ3v) is 7.76. The van der Waals surface area contributed by atoms with Gasteiger partial charge >= 0.3 is 0 Å². The van der Waals surface area contributed by atoms with E-state index in [4.69, 9.17) is 9.47 Å². The van der Waals surface area contributed by atoms with Crippen molar-refractivity contribution in [2.24, 2.45) is 5.41 Å². The second kappa shape index (κ2) is 3.88. The van der Waals surface area contributed by atoms with Gasteiger partial charge < -0.3 is 14.4 Å². The van der Waals surface area contributed by atoms with Gasteiger partial charge in [0, 0.05) is 36.4 Å². The summed E-state index contributed by atoms with van der Waals surface area (Å²) in [4.78, 5) is 18.2. The van der Waals surface area contributed by atoms with Gasteiger partial charge in [-0.1, -0.05) is 12.2 Å². The summed E-state index contributed by atoms with van der Waals surface area (Å²) in [5.74, 6) is 2.36. The fourth-order valence-electron chi connectivity index (χ4n) is 7.15. The number of fused-ring (bicyclic) bond motifs is 4. The lowest BCUT2D eigenvalue weighted by molar-refractivity contribution is -0.127. The van der Waals surface area contributed by atoms with Gasteiger partial charge in [-0.05, 0) is 37.4 Å². The van der Waals surface area contributed by atoms with Gasteiger partial charge in [0.2, 0.25) is 12.7 Å². The van der Waals surface area contributed by atoms with Gasteiger partial charge in [0.15, 0.2) is 11.5 Å². The molecule has 1 spiro atoms. The van der Waals surface area contributed by atoms with Crippen molar-refractivity contribution in [2.45, 2.75) is 43.2 Å². The SMILES string of the molecule is O=C1CC23C=CCN4CC[C@H]5c6cc7c(cc6N1C5(CC2)[C@@H]43)OCO7. The molecule has 1 saturated carbocycles. The lowest BCUT2D eigenvalue weighted by Crippen LogP contribution is -2.72. The molecular weight excluding hydrogens is 316 g/mol. The molecule has 2 unspecified atom stereocenters. The number of hydrogen-bond acceptors (Lipinski definition) is 4. The highest BCUT2D eigenvalue weighted by Gasteiger charge is 2.73. The predicted octanol–water partition coefficient (Wildman–Crippen LogP) is 2.41. The van der Waals surface area contributed by atoms with E-state index in [-0.39, 0.29) is 17.7 Å². The topological polar surface area (TPSA) is 42.0 Å². The van der Waals surface area contributed by atoms with Crippen LogP contribution in [0.15, 0.2) is 24.3 Å². The fraction of sp³-hybridized carbons (Fsp3) is 0.550. The van der Waals surface area contributed by atoms with Crippen molar-refractivity contribution >= 4 is 11.6 Å². The minimum Gasteiger partial charge on any atom is -0.454 e. The standard InChI is InChI=1S/C20H20N2O3/c23-17-10-19-3-1-6-21-7-2-13-12-8-15-16(25-11-24-15)9-14(12)22(17)20(13,5-4-19)18(19)21/h1,3,8-9,13,18H,2,4-7,10-11H2/t13-,18-,19?,20?/m0/s1. The maximum absolute atomic E-state index is 13.3. The normalized spacial score (nSPS) is 41.9. The highest BCUT2D eigenvalue weighted by Crippen LogP contribution is 2.69. The average molecular weight is 336 g/mol. The largest absolute Gasteiger partial charge is 0.454 e. The number of nitrogens with zero attached hydrogens (tertiary/aromatic N) is 2. The highest BCUT2D eigenvalue weighted by molar-refractivity contribution is 6.01. The molecule has 25 heavy (non-hydrogen) atoms. The van der Waals surface area contributed by atoms with Crippen LogP contribution in [0, 0.1) is 5.41 Å². The zero-order valence-electron chi connectivity index (χ0n) is 14.0. The minimum atomic E-state index is -0.0598. The van der Waals surface area contributed by atoms with Crippen molar-refractivity contribution in [2.75, 3.05) is 24.8 Å². The van der Waals surface area contributed by atoms with Gasteiger partial charge in [-0.15, -0.1) is 0 Å². The number of carbonyl (C=O) groups excluding carboxylic acids is 1. The highest BCUT2D eigenvalue weighted by atomic mass is 16.7. The number of rotatable bonds is 0. The Hall–Kier alpha value is -2.01. The Kier molecular flexibility index (Phi) is 2.05. The van der Waals surface area contributed by atoms with Crippen LogP contribution in [0.4, 0.5) is 5.69 Å². The number of carbonyl (C=O) groups is 1. The van der Waals surface area contributed by atoms with Crippen molar-refractivity contribution < 1.29 is 14.3 Å². The molecule has 7 rings (SSSR count). The number of anilines is 1. The first-order valence-electron chi connectivity index (χ1n) is 9.41. The number of hydrogen-bond donors (Lipinski definition) is 0. The Balaban J connectivity index is 1.52. The molecule has 1 aromatic carbocycles. The van der Waals surface area contributed by atoms with Gasteiger partial charge in [-0.3, -0.25) is 9.69 Å². The molecule has 128 valence electrons. The van der Waals surface area contributed by atoms with Crippen LogP contribution in [0.2, 0.25) is 0 Å². The monoisotopic (exact) mass is 336 g/mol. The third-order valence-electron chi connectivity index (χ3n) is 7.76. The van der Waals surface area contributed by atoms with Crippen LogP contribution in [0.1, 0.15) is 37.2 Å². The van der Waals surface area contributed by atoms with E-state index in [1.54, 1.807) is 0 Å². The van der Waals surface area contributed by atoms with E-state index in [0.29, 0.717) is 24.3 Å². The Morgan fingerprint density at radius 1 is 1.16 bits per heavy atom. The molecule has 0 aromatic heterocycles. The Morgan fingerprint density at radius 3 is 2.96 bits per heavy atom. The quantitative estimate of drug-likeness (QED) is 0.683. The van der Waals surface area contributed by atoms with Crippen LogP contribution in [0.25, 0.3) is 0 Å². The second-order valence-corrected chi connectivity index (χ2v) is 8.54. The van der Waals surface area contributed by atoms with Crippen LogP contribution in [0.3, 0.4) is 0 Å². The second-order valence-electron chi connectivity index (χ2n) is 8.54. The van der Waals surface area contributed by atoms with Crippen molar-refractivity contribution in [3.63, 3.8) is 0 Å². The first kappa shape index (κ1) is 13.2. The zero-order valence-corrected chi connectivity index (χ0v) is 14.0. The molecule has 1 amide bonds. The molecule has 3 fully saturated rings. The molecule has 0 radical (unpaired) electrons. The van der Waals surface area contributed by atoms with E-state index >= 15 is 0 Å². The maximum Gasteiger partial charge on any atom is 0.231 e. The molecule has 2 bridgehead atoms.